The molecular weight excluding hydrogens is 242 g/mol. The molecule has 0 unspecified atom stereocenters. The summed E-state index contributed by atoms with van der Waals surface area (Å²) in [7, 11) is 0. The van der Waals surface area contributed by atoms with Crippen molar-refractivity contribution in [3.8, 4) is 5.75 Å². The molecule has 19 heavy (non-hydrogen) atoms. The molecule has 2 rings (SSSR count). The summed E-state index contributed by atoms with van der Waals surface area (Å²) < 4.78 is 5.49. The molecule has 0 saturated heterocycles. The van der Waals surface area contributed by atoms with Crippen LogP contribution in [0.3, 0.4) is 0 Å². The number of carbonyl (C=O) groups is 1. The Bertz CT molecular complexity index is 429. The molecule has 1 aliphatic carbocycles. The van der Waals surface area contributed by atoms with Gasteiger partial charge < -0.3 is 9.84 Å². The Morgan fingerprint density at radius 3 is 2.89 bits per heavy atom. The number of hydrogen-bond acceptors (Lipinski definition) is 3. The van der Waals surface area contributed by atoms with Crippen molar-refractivity contribution in [2.75, 3.05) is 13.2 Å². The van der Waals surface area contributed by atoms with E-state index >= 15 is 0 Å². The molecule has 1 saturated carbocycles. The molecule has 1 aromatic rings. The highest BCUT2D eigenvalue weighted by Gasteiger charge is 2.29. The van der Waals surface area contributed by atoms with Crippen molar-refractivity contribution in [2.45, 2.75) is 38.8 Å². The van der Waals surface area contributed by atoms with Crippen LogP contribution in [0.15, 0.2) is 24.3 Å². The topological polar surface area (TPSA) is 49.8 Å². The van der Waals surface area contributed by atoms with Gasteiger partial charge in [-0.15, -0.1) is 0 Å². The molecule has 0 aromatic heterocycles. The fourth-order valence-electron chi connectivity index (χ4n) is 2.20. The molecule has 104 valence electrons. The van der Waals surface area contributed by atoms with Crippen LogP contribution in [0.1, 0.15) is 31.7 Å². The van der Waals surface area contributed by atoms with Gasteiger partial charge in [0.25, 0.3) is 0 Å². The third-order valence-electron chi connectivity index (χ3n) is 3.27. The predicted molar refractivity (Wildman–Crippen MR) is 73.3 cm³/mol. The zero-order chi connectivity index (χ0) is 13.7. The van der Waals surface area contributed by atoms with Gasteiger partial charge in [0.05, 0.1) is 13.0 Å². The normalized spacial score (nSPS) is 14.6. The minimum atomic E-state index is -0.728. The van der Waals surface area contributed by atoms with E-state index < -0.39 is 5.97 Å². The van der Waals surface area contributed by atoms with Crippen LogP contribution in [0.5, 0.6) is 5.75 Å². The summed E-state index contributed by atoms with van der Waals surface area (Å²) in [5.41, 5.74) is 1.18. The van der Waals surface area contributed by atoms with Crippen LogP contribution in [0.2, 0.25) is 0 Å². The summed E-state index contributed by atoms with van der Waals surface area (Å²) >= 11 is 0. The Hall–Kier alpha value is -1.55. The van der Waals surface area contributed by atoms with E-state index in [1.165, 1.54) is 18.4 Å². The van der Waals surface area contributed by atoms with Crippen molar-refractivity contribution in [1.82, 2.24) is 4.90 Å². The van der Waals surface area contributed by atoms with Crippen LogP contribution in [0, 0.1) is 0 Å². The average Bonchev–Trinajstić information content (AvgIpc) is 3.19. The number of benzene rings is 1. The van der Waals surface area contributed by atoms with E-state index in [9.17, 15) is 4.79 Å². The van der Waals surface area contributed by atoms with Crippen LogP contribution in [0.25, 0.3) is 0 Å². The van der Waals surface area contributed by atoms with E-state index in [0.29, 0.717) is 19.2 Å². The standard InChI is InChI=1S/C15H21NO3/c1-2-19-14-5-3-4-12(10-14)11-16(13-6-7-13)9-8-15(17)18/h3-5,10,13H,2,6-9,11H2,1H3,(H,17,18). The number of ether oxygens (including phenoxy) is 1. The molecule has 0 bridgehead atoms. The van der Waals surface area contributed by atoms with E-state index in [4.69, 9.17) is 9.84 Å². The van der Waals surface area contributed by atoms with Crippen molar-refractivity contribution in [1.29, 1.82) is 0 Å². The van der Waals surface area contributed by atoms with Crippen molar-refractivity contribution < 1.29 is 14.6 Å². The van der Waals surface area contributed by atoms with Crippen LogP contribution in [-0.2, 0) is 11.3 Å². The van der Waals surface area contributed by atoms with Gasteiger partial charge >= 0.3 is 5.97 Å². The van der Waals surface area contributed by atoms with Crippen LogP contribution in [-0.4, -0.2) is 35.2 Å². The second-order valence-electron chi connectivity index (χ2n) is 4.93. The van der Waals surface area contributed by atoms with Gasteiger partial charge in [0.1, 0.15) is 5.75 Å². The Labute approximate surface area is 114 Å². The molecule has 0 atom stereocenters. The first-order valence-electron chi connectivity index (χ1n) is 6.86. The molecule has 4 nitrogen and oxygen atoms in total. The molecule has 1 aliphatic rings. The van der Waals surface area contributed by atoms with Gasteiger partial charge in [-0.1, -0.05) is 12.1 Å². The first-order chi connectivity index (χ1) is 9.19. The van der Waals surface area contributed by atoms with Gasteiger partial charge in [0.15, 0.2) is 0 Å². The summed E-state index contributed by atoms with van der Waals surface area (Å²) in [6.45, 7) is 4.06. The summed E-state index contributed by atoms with van der Waals surface area (Å²) in [6.07, 6.45) is 2.58. The maximum atomic E-state index is 10.7. The monoisotopic (exact) mass is 263 g/mol. The van der Waals surface area contributed by atoms with Gasteiger partial charge in [0.2, 0.25) is 0 Å². The highest BCUT2D eigenvalue weighted by atomic mass is 16.5. The lowest BCUT2D eigenvalue weighted by Gasteiger charge is -2.21. The first kappa shape index (κ1) is 13.9. The van der Waals surface area contributed by atoms with Gasteiger partial charge in [-0.05, 0) is 37.5 Å². The molecular formula is C15H21NO3. The quantitative estimate of drug-likeness (QED) is 0.783. The van der Waals surface area contributed by atoms with Crippen LogP contribution in [0.4, 0.5) is 0 Å². The highest BCUT2D eigenvalue weighted by molar-refractivity contribution is 5.66. The summed E-state index contributed by atoms with van der Waals surface area (Å²) in [5, 5.41) is 8.80. The molecule has 0 heterocycles. The van der Waals surface area contributed by atoms with E-state index in [0.717, 1.165) is 12.3 Å². The van der Waals surface area contributed by atoms with Gasteiger partial charge in [-0.25, -0.2) is 0 Å². The largest absolute Gasteiger partial charge is 0.494 e. The fourth-order valence-corrected chi connectivity index (χ4v) is 2.20. The minimum absolute atomic E-state index is 0.210. The maximum Gasteiger partial charge on any atom is 0.304 e. The molecule has 0 radical (unpaired) electrons. The molecule has 1 fully saturated rings. The zero-order valence-corrected chi connectivity index (χ0v) is 11.3. The number of carboxylic acid groups (broad SMARTS) is 1. The Morgan fingerprint density at radius 1 is 1.47 bits per heavy atom. The Balaban J connectivity index is 1.95. The average molecular weight is 263 g/mol. The van der Waals surface area contributed by atoms with Crippen molar-refractivity contribution >= 4 is 5.97 Å². The Morgan fingerprint density at radius 2 is 2.26 bits per heavy atom. The van der Waals surface area contributed by atoms with E-state index in [1.54, 1.807) is 0 Å². The van der Waals surface area contributed by atoms with E-state index in [-0.39, 0.29) is 6.42 Å². The summed E-state index contributed by atoms with van der Waals surface area (Å²) in [6, 6.07) is 8.61. The first-order valence-corrected chi connectivity index (χ1v) is 6.86. The lowest BCUT2D eigenvalue weighted by Crippen LogP contribution is -2.28. The number of carboxylic acids is 1. The lowest BCUT2D eigenvalue weighted by atomic mass is 10.2. The summed E-state index contributed by atoms with van der Waals surface area (Å²) in [4.78, 5) is 13.0. The Kier molecular flexibility index (Phi) is 4.80. The maximum absolute atomic E-state index is 10.7. The third kappa shape index (κ3) is 4.56. The predicted octanol–water partition coefficient (Wildman–Crippen LogP) is 2.52. The highest BCUT2D eigenvalue weighted by Crippen LogP contribution is 2.29. The number of hydrogen-bond donors (Lipinski definition) is 1. The van der Waals surface area contributed by atoms with E-state index in [1.807, 2.05) is 25.1 Å². The van der Waals surface area contributed by atoms with Crippen molar-refractivity contribution in [3.05, 3.63) is 29.8 Å². The van der Waals surface area contributed by atoms with Crippen molar-refractivity contribution in [3.63, 3.8) is 0 Å². The second kappa shape index (κ2) is 6.57. The number of aliphatic carboxylic acids is 1. The summed E-state index contributed by atoms with van der Waals surface area (Å²) in [5.74, 6) is 0.155. The molecule has 0 amide bonds. The molecule has 0 aliphatic heterocycles. The molecule has 4 heteroatoms. The van der Waals surface area contributed by atoms with Gasteiger partial charge in [0, 0.05) is 19.1 Å². The molecule has 1 N–H and O–H groups in total. The number of nitrogens with zero attached hydrogens (tertiary/aromatic N) is 1. The lowest BCUT2D eigenvalue weighted by molar-refractivity contribution is -0.137. The van der Waals surface area contributed by atoms with Crippen LogP contribution >= 0.6 is 0 Å². The van der Waals surface area contributed by atoms with E-state index in [2.05, 4.69) is 11.0 Å². The number of rotatable bonds is 8. The van der Waals surface area contributed by atoms with Gasteiger partial charge in [-0.3, -0.25) is 9.69 Å². The smallest absolute Gasteiger partial charge is 0.304 e. The minimum Gasteiger partial charge on any atom is -0.494 e. The molecule has 0 spiro atoms. The van der Waals surface area contributed by atoms with Crippen molar-refractivity contribution in [2.24, 2.45) is 0 Å². The zero-order valence-electron chi connectivity index (χ0n) is 11.3. The molecule has 1 aromatic carbocycles. The second-order valence-corrected chi connectivity index (χ2v) is 4.93. The SMILES string of the molecule is CCOc1cccc(CN(CCC(=O)O)C2CC2)c1. The van der Waals surface area contributed by atoms with Crippen LogP contribution < -0.4 is 4.74 Å². The fraction of sp³-hybridized carbons (Fsp3) is 0.533. The third-order valence-corrected chi connectivity index (χ3v) is 3.27. The van der Waals surface area contributed by atoms with Gasteiger partial charge in [-0.2, -0.15) is 0 Å².